The van der Waals surface area contributed by atoms with E-state index >= 15 is 0 Å². The highest BCUT2D eigenvalue weighted by atomic mass is 16.5. The van der Waals surface area contributed by atoms with Gasteiger partial charge < -0.3 is 15.0 Å². The Balaban J connectivity index is 1.62. The van der Waals surface area contributed by atoms with Crippen LogP contribution in [-0.2, 0) is 4.74 Å². The topological polar surface area (TPSA) is 27.7 Å². The minimum atomic E-state index is 0.647. The molecule has 4 nitrogen and oxygen atoms in total. The molecular formula is C16H33N3O. The van der Waals surface area contributed by atoms with Crippen LogP contribution >= 0.6 is 0 Å². The molecule has 0 aromatic heterocycles. The van der Waals surface area contributed by atoms with Crippen molar-refractivity contribution in [3.8, 4) is 0 Å². The van der Waals surface area contributed by atoms with E-state index in [1.54, 1.807) is 7.11 Å². The first-order chi connectivity index (χ1) is 9.81. The van der Waals surface area contributed by atoms with Crippen molar-refractivity contribution >= 4 is 0 Å². The third kappa shape index (κ3) is 4.99. The van der Waals surface area contributed by atoms with Crippen LogP contribution in [-0.4, -0.2) is 74.9 Å². The molecule has 20 heavy (non-hydrogen) atoms. The van der Waals surface area contributed by atoms with Crippen LogP contribution in [0.25, 0.3) is 0 Å². The van der Waals surface area contributed by atoms with E-state index in [2.05, 4.69) is 22.0 Å². The van der Waals surface area contributed by atoms with Gasteiger partial charge in [-0.3, -0.25) is 4.90 Å². The Morgan fingerprint density at radius 2 is 1.80 bits per heavy atom. The van der Waals surface area contributed by atoms with Crippen LogP contribution in [0.5, 0.6) is 0 Å². The molecule has 2 saturated heterocycles. The van der Waals surface area contributed by atoms with Gasteiger partial charge in [-0.25, -0.2) is 0 Å². The molecular weight excluding hydrogens is 250 g/mol. The fraction of sp³-hybridized carbons (Fsp3) is 1.00. The van der Waals surface area contributed by atoms with Crippen LogP contribution < -0.4 is 5.32 Å². The Hall–Kier alpha value is -0.160. The summed E-state index contributed by atoms with van der Waals surface area (Å²) < 4.78 is 5.07. The zero-order valence-corrected chi connectivity index (χ0v) is 13.4. The van der Waals surface area contributed by atoms with Crippen molar-refractivity contribution in [1.82, 2.24) is 15.1 Å². The molecule has 1 atom stereocenters. The average Bonchev–Trinajstić information content (AvgIpc) is 2.52. The molecule has 4 heteroatoms. The molecule has 118 valence electrons. The van der Waals surface area contributed by atoms with Crippen LogP contribution in [0.1, 0.15) is 39.0 Å². The molecule has 1 unspecified atom stereocenters. The SMILES string of the molecule is COCCNCC(C)N1CCC(N2CCCCC2)CC1. The molecule has 2 rings (SSSR count). The first-order valence-corrected chi connectivity index (χ1v) is 8.49. The lowest BCUT2D eigenvalue weighted by molar-refractivity contribution is 0.0753. The minimum Gasteiger partial charge on any atom is -0.383 e. The lowest BCUT2D eigenvalue weighted by Crippen LogP contribution is -2.50. The summed E-state index contributed by atoms with van der Waals surface area (Å²) in [4.78, 5) is 5.41. The van der Waals surface area contributed by atoms with Crippen LogP contribution in [0.15, 0.2) is 0 Å². The van der Waals surface area contributed by atoms with Gasteiger partial charge in [0.05, 0.1) is 6.61 Å². The van der Waals surface area contributed by atoms with Gasteiger partial charge in [0.2, 0.25) is 0 Å². The summed E-state index contributed by atoms with van der Waals surface area (Å²) in [6.45, 7) is 10.4. The second-order valence-electron chi connectivity index (χ2n) is 6.41. The third-order valence-corrected chi connectivity index (χ3v) is 4.95. The van der Waals surface area contributed by atoms with E-state index in [1.165, 1.54) is 58.3 Å². The smallest absolute Gasteiger partial charge is 0.0587 e. The van der Waals surface area contributed by atoms with Gasteiger partial charge >= 0.3 is 0 Å². The normalized spacial score (nSPS) is 24.9. The highest BCUT2D eigenvalue weighted by molar-refractivity contribution is 4.83. The van der Waals surface area contributed by atoms with Gasteiger partial charge in [0, 0.05) is 32.3 Å². The van der Waals surface area contributed by atoms with Crippen molar-refractivity contribution < 1.29 is 4.74 Å². The molecule has 0 aromatic rings. The van der Waals surface area contributed by atoms with E-state index in [1.807, 2.05) is 0 Å². The average molecular weight is 283 g/mol. The molecule has 0 amide bonds. The van der Waals surface area contributed by atoms with E-state index in [-0.39, 0.29) is 0 Å². The lowest BCUT2D eigenvalue weighted by Gasteiger charge is -2.42. The Morgan fingerprint density at radius 3 is 2.45 bits per heavy atom. The van der Waals surface area contributed by atoms with Crippen molar-refractivity contribution in [2.75, 3.05) is 53.0 Å². The van der Waals surface area contributed by atoms with E-state index < -0.39 is 0 Å². The molecule has 2 heterocycles. The highest BCUT2D eigenvalue weighted by Gasteiger charge is 2.27. The fourth-order valence-corrected chi connectivity index (χ4v) is 3.59. The number of hydrogen-bond acceptors (Lipinski definition) is 4. The molecule has 0 radical (unpaired) electrons. The van der Waals surface area contributed by atoms with Crippen molar-refractivity contribution in [2.45, 2.75) is 51.1 Å². The monoisotopic (exact) mass is 283 g/mol. The Kier molecular flexibility index (Phi) is 7.28. The van der Waals surface area contributed by atoms with E-state index in [4.69, 9.17) is 4.74 Å². The molecule has 0 aliphatic carbocycles. The van der Waals surface area contributed by atoms with E-state index in [9.17, 15) is 0 Å². The summed E-state index contributed by atoms with van der Waals surface area (Å²) in [6.07, 6.45) is 7.00. The fourth-order valence-electron chi connectivity index (χ4n) is 3.59. The molecule has 0 aromatic carbocycles. The van der Waals surface area contributed by atoms with E-state index in [0.29, 0.717) is 6.04 Å². The summed E-state index contributed by atoms with van der Waals surface area (Å²) >= 11 is 0. The van der Waals surface area contributed by atoms with Gasteiger partial charge in [-0.05, 0) is 58.8 Å². The number of likely N-dealkylation sites (tertiary alicyclic amines) is 2. The van der Waals surface area contributed by atoms with Crippen molar-refractivity contribution in [3.63, 3.8) is 0 Å². The van der Waals surface area contributed by atoms with Gasteiger partial charge in [0.15, 0.2) is 0 Å². The Morgan fingerprint density at radius 1 is 1.10 bits per heavy atom. The van der Waals surface area contributed by atoms with Gasteiger partial charge in [-0.15, -0.1) is 0 Å². The van der Waals surface area contributed by atoms with Gasteiger partial charge in [-0.2, -0.15) is 0 Å². The first-order valence-electron chi connectivity index (χ1n) is 8.49. The van der Waals surface area contributed by atoms with Crippen molar-refractivity contribution in [3.05, 3.63) is 0 Å². The van der Waals surface area contributed by atoms with Crippen molar-refractivity contribution in [2.24, 2.45) is 0 Å². The summed E-state index contributed by atoms with van der Waals surface area (Å²) in [5.41, 5.74) is 0. The number of piperidine rings is 2. The van der Waals surface area contributed by atoms with Crippen LogP contribution in [0, 0.1) is 0 Å². The van der Waals surface area contributed by atoms with Crippen molar-refractivity contribution in [1.29, 1.82) is 0 Å². The van der Waals surface area contributed by atoms with E-state index in [0.717, 1.165) is 25.7 Å². The molecule has 1 N–H and O–H groups in total. The number of rotatable bonds is 7. The van der Waals surface area contributed by atoms with Crippen LogP contribution in [0.2, 0.25) is 0 Å². The maximum absolute atomic E-state index is 5.07. The van der Waals surface area contributed by atoms with Gasteiger partial charge in [-0.1, -0.05) is 6.42 Å². The largest absolute Gasteiger partial charge is 0.383 e. The van der Waals surface area contributed by atoms with Crippen LogP contribution in [0.4, 0.5) is 0 Å². The third-order valence-electron chi connectivity index (χ3n) is 4.95. The summed E-state index contributed by atoms with van der Waals surface area (Å²) in [7, 11) is 1.76. The van der Waals surface area contributed by atoms with Crippen LogP contribution in [0.3, 0.4) is 0 Å². The summed E-state index contributed by atoms with van der Waals surface area (Å²) in [5, 5.41) is 3.48. The Bertz CT molecular complexity index is 248. The zero-order chi connectivity index (χ0) is 14.2. The number of nitrogens with zero attached hydrogens (tertiary/aromatic N) is 2. The first kappa shape index (κ1) is 16.2. The molecule has 0 bridgehead atoms. The lowest BCUT2D eigenvalue weighted by atomic mass is 9.99. The van der Waals surface area contributed by atoms with Gasteiger partial charge in [0.1, 0.15) is 0 Å². The second-order valence-corrected chi connectivity index (χ2v) is 6.41. The molecule has 2 aliphatic rings. The maximum atomic E-state index is 5.07. The standard InChI is InChI=1S/C16H33N3O/c1-15(14-17-8-13-20-2)18-11-6-16(7-12-18)19-9-4-3-5-10-19/h15-17H,3-14H2,1-2H3. The number of ether oxygens (including phenoxy) is 1. The van der Waals surface area contributed by atoms with Gasteiger partial charge in [0.25, 0.3) is 0 Å². The second kappa shape index (κ2) is 8.98. The predicted molar refractivity (Wildman–Crippen MR) is 84.2 cm³/mol. The maximum Gasteiger partial charge on any atom is 0.0587 e. The number of nitrogens with one attached hydrogen (secondary N) is 1. The number of hydrogen-bond donors (Lipinski definition) is 1. The minimum absolute atomic E-state index is 0.647. The Labute approximate surface area is 124 Å². The number of methoxy groups -OCH3 is 1. The predicted octanol–water partition coefficient (Wildman–Crippen LogP) is 1.56. The summed E-state index contributed by atoms with van der Waals surface area (Å²) in [5.74, 6) is 0. The summed E-state index contributed by atoms with van der Waals surface area (Å²) in [6, 6.07) is 1.51. The quantitative estimate of drug-likeness (QED) is 0.718. The molecule has 2 aliphatic heterocycles. The molecule has 0 spiro atoms. The zero-order valence-electron chi connectivity index (χ0n) is 13.4. The molecule has 0 saturated carbocycles. The molecule has 2 fully saturated rings. The highest BCUT2D eigenvalue weighted by Crippen LogP contribution is 2.21.